The lowest BCUT2D eigenvalue weighted by molar-refractivity contribution is -0.122. The Kier molecular flexibility index (Phi) is 4.51. The number of aryl methyl sites for hydroxylation is 2. The first-order valence-corrected chi connectivity index (χ1v) is 5.63. The van der Waals surface area contributed by atoms with Crippen LogP contribution < -0.4 is 15.8 Å². The van der Waals surface area contributed by atoms with E-state index in [-0.39, 0.29) is 5.91 Å². The van der Waals surface area contributed by atoms with Crippen LogP contribution in [0.15, 0.2) is 0 Å². The van der Waals surface area contributed by atoms with E-state index in [0.717, 1.165) is 17.7 Å². The predicted molar refractivity (Wildman–Crippen MR) is 64.6 cm³/mol. The minimum Gasteiger partial charge on any atom is -0.481 e. The van der Waals surface area contributed by atoms with Gasteiger partial charge in [0.2, 0.25) is 11.8 Å². The minimum atomic E-state index is -0.511. The molecule has 3 N–H and O–H groups in total. The number of methoxy groups -OCH3 is 1. The second-order valence-corrected chi connectivity index (χ2v) is 3.92. The van der Waals surface area contributed by atoms with E-state index in [0.29, 0.717) is 12.4 Å². The number of nitrogens with zero attached hydrogens (tertiary/aromatic N) is 2. The molecule has 0 bridgehead atoms. The average Bonchev–Trinajstić information content (AvgIpc) is 2.61. The highest BCUT2D eigenvalue weighted by molar-refractivity contribution is 5.81. The highest BCUT2D eigenvalue weighted by Crippen LogP contribution is 2.21. The lowest BCUT2D eigenvalue weighted by Crippen LogP contribution is -2.37. The highest BCUT2D eigenvalue weighted by Gasteiger charge is 2.16. The summed E-state index contributed by atoms with van der Waals surface area (Å²) in [4.78, 5) is 11.4. The van der Waals surface area contributed by atoms with Crippen LogP contribution in [0.2, 0.25) is 0 Å². The first-order valence-electron chi connectivity index (χ1n) is 5.63. The van der Waals surface area contributed by atoms with Crippen LogP contribution in [0.4, 0.5) is 0 Å². The average molecular weight is 240 g/mol. The van der Waals surface area contributed by atoms with Gasteiger partial charge in [-0.2, -0.15) is 5.10 Å². The van der Waals surface area contributed by atoms with Gasteiger partial charge >= 0.3 is 0 Å². The summed E-state index contributed by atoms with van der Waals surface area (Å²) in [5.41, 5.74) is 7.32. The van der Waals surface area contributed by atoms with Gasteiger partial charge in [0.05, 0.1) is 31.0 Å². The van der Waals surface area contributed by atoms with E-state index in [9.17, 15) is 4.79 Å². The third kappa shape index (κ3) is 2.97. The Bertz CT molecular complexity index is 398. The Balaban J connectivity index is 2.85. The Hall–Kier alpha value is -1.56. The van der Waals surface area contributed by atoms with Gasteiger partial charge in [0.15, 0.2) is 0 Å². The zero-order chi connectivity index (χ0) is 13.0. The number of ether oxygens (including phenoxy) is 1. The van der Waals surface area contributed by atoms with Crippen molar-refractivity contribution in [1.82, 2.24) is 15.1 Å². The molecular formula is C11H20N4O2. The summed E-state index contributed by atoms with van der Waals surface area (Å²) in [5.74, 6) is 0.491. The van der Waals surface area contributed by atoms with E-state index in [1.54, 1.807) is 18.7 Å². The molecule has 0 saturated heterocycles. The number of nitrogens with two attached hydrogens (primary N) is 1. The maximum Gasteiger partial charge on any atom is 0.236 e. The molecule has 0 spiro atoms. The van der Waals surface area contributed by atoms with Crippen molar-refractivity contribution in [3.63, 3.8) is 0 Å². The summed E-state index contributed by atoms with van der Waals surface area (Å²) in [6.45, 7) is 4.05. The monoisotopic (exact) mass is 240 g/mol. The van der Waals surface area contributed by atoms with Crippen molar-refractivity contribution in [2.45, 2.75) is 32.9 Å². The van der Waals surface area contributed by atoms with Crippen LogP contribution in [0.5, 0.6) is 5.88 Å². The van der Waals surface area contributed by atoms with Gasteiger partial charge in [-0.05, 0) is 13.3 Å². The molecule has 1 unspecified atom stereocenters. The topological polar surface area (TPSA) is 82.2 Å². The summed E-state index contributed by atoms with van der Waals surface area (Å²) in [6.07, 6.45) is 0.792. The first kappa shape index (κ1) is 13.5. The molecule has 1 amide bonds. The van der Waals surface area contributed by atoms with Gasteiger partial charge in [0, 0.05) is 7.05 Å². The van der Waals surface area contributed by atoms with Crippen LogP contribution in [0.1, 0.15) is 25.1 Å². The van der Waals surface area contributed by atoms with Gasteiger partial charge < -0.3 is 15.8 Å². The Morgan fingerprint density at radius 1 is 1.65 bits per heavy atom. The molecule has 1 heterocycles. The zero-order valence-electron chi connectivity index (χ0n) is 10.8. The molecule has 1 aromatic heterocycles. The third-order valence-electron chi connectivity index (χ3n) is 2.55. The molecule has 0 aliphatic heterocycles. The van der Waals surface area contributed by atoms with Crippen molar-refractivity contribution < 1.29 is 9.53 Å². The smallest absolute Gasteiger partial charge is 0.236 e. The zero-order valence-corrected chi connectivity index (χ0v) is 10.8. The van der Waals surface area contributed by atoms with Gasteiger partial charge in [0.25, 0.3) is 0 Å². The third-order valence-corrected chi connectivity index (χ3v) is 2.55. The van der Waals surface area contributed by atoms with Crippen molar-refractivity contribution in [3.8, 4) is 5.88 Å². The van der Waals surface area contributed by atoms with Gasteiger partial charge in [-0.1, -0.05) is 6.92 Å². The molecule has 6 nitrogen and oxygen atoms in total. The van der Waals surface area contributed by atoms with Gasteiger partial charge in [0.1, 0.15) is 0 Å². The van der Waals surface area contributed by atoms with Crippen molar-refractivity contribution >= 4 is 5.91 Å². The Morgan fingerprint density at radius 3 is 2.76 bits per heavy atom. The second-order valence-electron chi connectivity index (χ2n) is 3.92. The number of carbonyl (C=O) groups is 1. The van der Waals surface area contributed by atoms with E-state index < -0.39 is 6.04 Å². The number of carbonyl (C=O) groups excluding carboxylic acids is 1. The number of hydrogen-bond donors (Lipinski definition) is 2. The fourth-order valence-electron chi connectivity index (χ4n) is 1.66. The molecule has 0 aliphatic rings. The lowest BCUT2D eigenvalue weighted by atomic mass is 10.2. The molecule has 0 aromatic carbocycles. The molecule has 96 valence electrons. The van der Waals surface area contributed by atoms with Crippen LogP contribution in [0.25, 0.3) is 0 Å². The Morgan fingerprint density at radius 2 is 2.29 bits per heavy atom. The largest absolute Gasteiger partial charge is 0.481 e. The number of nitrogens with one attached hydrogen (secondary N) is 1. The maximum atomic E-state index is 11.4. The molecule has 0 fully saturated rings. The van der Waals surface area contributed by atoms with E-state index in [2.05, 4.69) is 10.4 Å². The van der Waals surface area contributed by atoms with Crippen LogP contribution in [-0.4, -0.2) is 28.8 Å². The molecule has 0 aliphatic carbocycles. The molecule has 1 atom stereocenters. The summed E-state index contributed by atoms with van der Waals surface area (Å²) in [7, 11) is 3.40. The molecular weight excluding hydrogens is 220 g/mol. The summed E-state index contributed by atoms with van der Waals surface area (Å²) >= 11 is 0. The molecule has 1 aromatic rings. The number of rotatable bonds is 5. The minimum absolute atomic E-state index is 0.182. The fourth-order valence-corrected chi connectivity index (χ4v) is 1.66. The number of aromatic nitrogens is 2. The van der Waals surface area contributed by atoms with E-state index >= 15 is 0 Å². The van der Waals surface area contributed by atoms with E-state index in [1.165, 1.54) is 0 Å². The molecule has 17 heavy (non-hydrogen) atoms. The number of amides is 1. The van der Waals surface area contributed by atoms with Crippen LogP contribution in [0.3, 0.4) is 0 Å². The first-order chi connectivity index (χ1) is 8.01. The summed E-state index contributed by atoms with van der Waals surface area (Å²) in [6, 6.07) is -0.511. The van der Waals surface area contributed by atoms with E-state index in [1.807, 2.05) is 14.0 Å². The molecule has 0 saturated carbocycles. The van der Waals surface area contributed by atoms with Crippen LogP contribution in [0, 0.1) is 0 Å². The Labute approximate surface area is 101 Å². The highest BCUT2D eigenvalue weighted by atomic mass is 16.5. The second kappa shape index (κ2) is 5.67. The maximum absolute atomic E-state index is 11.4. The molecule has 0 radical (unpaired) electrons. The van der Waals surface area contributed by atoms with Crippen LogP contribution >= 0.6 is 0 Å². The van der Waals surface area contributed by atoms with E-state index in [4.69, 9.17) is 10.5 Å². The normalized spacial score (nSPS) is 12.3. The standard InChI is InChI=1S/C11H20N4O2/c1-5-9-8(6-13-10(16)7(2)12)11(17-4)15(3)14-9/h7H,5-6,12H2,1-4H3,(H,13,16). The summed E-state index contributed by atoms with van der Waals surface area (Å²) in [5, 5.41) is 7.10. The quantitative estimate of drug-likeness (QED) is 0.756. The van der Waals surface area contributed by atoms with Crippen molar-refractivity contribution in [2.75, 3.05) is 7.11 Å². The van der Waals surface area contributed by atoms with Crippen molar-refractivity contribution in [3.05, 3.63) is 11.3 Å². The SMILES string of the molecule is CCc1nn(C)c(OC)c1CNC(=O)C(C)N. The summed E-state index contributed by atoms with van der Waals surface area (Å²) < 4.78 is 6.94. The van der Waals surface area contributed by atoms with Crippen LogP contribution in [-0.2, 0) is 24.8 Å². The predicted octanol–water partition coefficient (Wildman–Crippen LogP) is -0.0455. The van der Waals surface area contributed by atoms with Gasteiger partial charge in [-0.3, -0.25) is 4.79 Å². The van der Waals surface area contributed by atoms with Gasteiger partial charge in [-0.25, -0.2) is 4.68 Å². The number of hydrogen-bond acceptors (Lipinski definition) is 4. The van der Waals surface area contributed by atoms with Gasteiger partial charge in [-0.15, -0.1) is 0 Å². The van der Waals surface area contributed by atoms with Crippen molar-refractivity contribution in [2.24, 2.45) is 12.8 Å². The van der Waals surface area contributed by atoms with Crippen molar-refractivity contribution in [1.29, 1.82) is 0 Å². The lowest BCUT2D eigenvalue weighted by Gasteiger charge is -2.09. The fraction of sp³-hybridized carbons (Fsp3) is 0.636. The molecule has 1 rings (SSSR count). The molecule has 6 heteroatoms.